The molecule has 0 bridgehead atoms. The number of halogens is 7. The first-order chi connectivity index (χ1) is 9.25. The van der Waals surface area contributed by atoms with Crippen molar-refractivity contribution in [2.75, 3.05) is 19.4 Å². The highest BCUT2D eigenvalue weighted by molar-refractivity contribution is 7.54. The minimum atomic E-state index is -6.65. The van der Waals surface area contributed by atoms with Gasteiger partial charge in [-0.3, -0.25) is 9.36 Å². The molecule has 0 saturated heterocycles. The van der Waals surface area contributed by atoms with Crippen molar-refractivity contribution in [2.24, 2.45) is 0 Å². The highest BCUT2D eigenvalue weighted by Crippen LogP contribution is 2.52. The van der Waals surface area contributed by atoms with Gasteiger partial charge in [0, 0.05) is 0 Å². The molecule has 0 unspecified atom stereocenters. The third kappa shape index (κ3) is 4.40. The summed E-state index contributed by atoms with van der Waals surface area (Å²) >= 11 is 0. The van der Waals surface area contributed by atoms with E-state index in [4.69, 9.17) is 0 Å². The van der Waals surface area contributed by atoms with Crippen molar-refractivity contribution in [3.05, 3.63) is 0 Å². The highest BCUT2D eigenvalue weighted by atomic mass is 31.2. The molecule has 0 N–H and O–H groups in total. The molecule has 0 rings (SSSR count). The zero-order chi connectivity index (χ0) is 17.1. The molecular weight excluding hydrogens is 336 g/mol. The maximum Gasteiger partial charge on any atom is 0.460 e. The van der Waals surface area contributed by atoms with Crippen molar-refractivity contribution < 1.29 is 49.1 Å². The topological polar surface area (TPSA) is 52.6 Å². The molecule has 0 spiro atoms. The Kier molecular flexibility index (Phi) is 6.41. The van der Waals surface area contributed by atoms with Crippen molar-refractivity contribution >= 4 is 13.4 Å². The molecule has 12 heteroatoms. The average molecular weight is 348 g/mol. The Balaban J connectivity index is 5.37. The van der Waals surface area contributed by atoms with Crippen molar-refractivity contribution in [1.29, 1.82) is 0 Å². The number of carbonyl (C=O) groups is 1. The number of ketones is 1. The van der Waals surface area contributed by atoms with E-state index in [2.05, 4.69) is 9.05 Å². The van der Waals surface area contributed by atoms with E-state index in [1.165, 1.54) is 13.8 Å². The van der Waals surface area contributed by atoms with Gasteiger partial charge < -0.3 is 9.05 Å². The number of rotatable bonds is 8. The Morgan fingerprint density at radius 3 is 1.62 bits per heavy atom. The summed E-state index contributed by atoms with van der Waals surface area (Å²) in [5, 5.41) is 0. The summed E-state index contributed by atoms with van der Waals surface area (Å²) in [4.78, 5) is 11.1. The molecule has 0 aliphatic carbocycles. The number of carbonyl (C=O) groups excluding carboxylic acids is 1. The molecule has 0 fully saturated rings. The van der Waals surface area contributed by atoms with E-state index < -0.39 is 37.6 Å². The van der Waals surface area contributed by atoms with E-state index in [-0.39, 0.29) is 13.2 Å². The summed E-state index contributed by atoms with van der Waals surface area (Å²) in [6.45, 7) is 1.70. The molecule has 0 aliphatic rings. The van der Waals surface area contributed by atoms with Crippen LogP contribution in [-0.2, 0) is 18.4 Å². The van der Waals surface area contributed by atoms with Gasteiger partial charge in [0.15, 0.2) is 0 Å². The minimum Gasteiger partial charge on any atom is -0.309 e. The van der Waals surface area contributed by atoms with E-state index in [9.17, 15) is 40.1 Å². The third-order valence-corrected chi connectivity index (χ3v) is 4.07. The molecule has 0 aliphatic heterocycles. The third-order valence-electron chi connectivity index (χ3n) is 2.09. The fourth-order valence-electron chi connectivity index (χ4n) is 1.15. The lowest BCUT2D eigenvalue weighted by Gasteiger charge is -2.27. The first kappa shape index (κ1) is 20.3. The monoisotopic (exact) mass is 348 g/mol. The van der Waals surface area contributed by atoms with Gasteiger partial charge in [-0.2, -0.15) is 30.7 Å². The van der Waals surface area contributed by atoms with E-state index in [1.54, 1.807) is 0 Å². The molecule has 0 radical (unpaired) electrons. The molecular formula is C9H12F7O4P. The number of alkyl halides is 7. The van der Waals surface area contributed by atoms with E-state index >= 15 is 0 Å². The van der Waals surface area contributed by atoms with E-state index in [0.29, 0.717) is 0 Å². The highest BCUT2D eigenvalue weighted by Gasteiger charge is 2.76. The summed E-state index contributed by atoms with van der Waals surface area (Å²) in [7, 11) is -4.52. The number of hydrogen-bond donors (Lipinski definition) is 0. The van der Waals surface area contributed by atoms with Gasteiger partial charge in [-0.25, -0.2) is 0 Å². The van der Waals surface area contributed by atoms with Crippen LogP contribution in [0, 0.1) is 0 Å². The lowest BCUT2D eigenvalue weighted by atomic mass is 10.1. The maximum atomic E-state index is 13.1. The normalized spacial score (nSPS) is 14.3. The molecule has 21 heavy (non-hydrogen) atoms. The molecule has 0 amide bonds. The van der Waals surface area contributed by atoms with Crippen LogP contribution in [-0.4, -0.2) is 43.2 Å². The van der Waals surface area contributed by atoms with E-state index in [0.717, 1.165) is 0 Å². The van der Waals surface area contributed by atoms with E-state index in [1.807, 2.05) is 0 Å². The molecule has 0 atom stereocenters. The fraction of sp³-hybridized carbons (Fsp3) is 0.889. The quantitative estimate of drug-likeness (QED) is 0.496. The van der Waals surface area contributed by atoms with Crippen molar-refractivity contribution in [1.82, 2.24) is 0 Å². The summed E-state index contributed by atoms with van der Waals surface area (Å²) in [5.41, 5.74) is 0. The van der Waals surface area contributed by atoms with Crippen molar-refractivity contribution in [3.63, 3.8) is 0 Å². The van der Waals surface area contributed by atoms with Gasteiger partial charge >= 0.3 is 25.6 Å². The van der Waals surface area contributed by atoms with Gasteiger partial charge in [-0.05, 0) is 13.8 Å². The largest absolute Gasteiger partial charge is 0.460 e. The molecule has 0 aromatic heterocycles. The minimum absolute atomic E-state index is 0.383. The fourth-order valence-corrected chi connectivity index (χ4v) is 2.74. The second-order valence-corrected chi connectivity index (χ2v) is 5.73. The number of Topliss-reactive ketones (excluding diaryl/α,β-unsaturated/α-hetero) is 1. The van der Waals surface area contributed by atoms with Crippen LogP contribution in [0.2, 0.25) is 0 Å². The maximum absolute atomic E-state index is 13.1. The van der Waals surface area contributed by atoms with Crippen LogP contribution in [0.25, 0.3) is 0 Å². The SMILES string of the molecule is CCOP(=O)(CC(=O)C(F)(F)C(F)(F)C(F)(F)F)OCC. The van der Waals surface area contributed by atoms with Crippen LogP contribution in [0.15, 0.2) is 0 Å². The van der Waals surface area contributed by atoms with Crippen LogP contribution >= 0.6 is 7.60 Å². The Labute approximate surface area is 115 Å². The first-order valence-electron chi connectivity index (χ1n) is 5.49. The Bertz CT molecular complexity index is 411. The van der Waals surface area contributed by atoms with Crippen LogP contribution in [0.5, 0.6) is 0 Å². The van der Waals surface area contributed by atoms with Crippen LogP contribution in [0.3, 0.4) is 0 Å². The van der Waals surface area contributed by atoms with Gasteiger partial charge in [0.2, 0.25) is 5.78 Å². The smallest absolute Gasteiger partial charge is 0.309 e. The summed E-state index contributed by atoms with van der Waals surface area (Å²) in [6, 6.07) is 0. The Morgan fingerprint density at radius 1 is 0.952 bits per heavy atom. The zero-order valence-corrected chi connectivity index (χ0v) is 11.7. The first-order valence-corrected chi connectivity index (χ1v) is 7.21. The van der Waals surface area contributed by atoms with Gasteiger partial charge in [0.05, 0.1) is 13.2 Å². The Morgan fingerprint density at radius 2 is 1.33 bits per heavy atom. The molecule has 0 saturated carbocycles. The summed E-state index contributed by atoms with van der Waals surface area (Å²) in [6.07, 6.45) is -8.54. The standard InChI is InChI=1S/C9H12F7O4P/c1-3-19-21(18,20-4-2)5-6(17)7(10,11)8(12,13)9(14,15)16/h3-5H2,1-2H3. The lowest BCUT2D eigenvalue weighted by molar-refractivity contribution is -0.343. The van der Waals surface area contributed by atoms with Crippen molar-refractivity contribution in [3.8, 4) is 0 Å². The lowest BCUT2D eigenvalue weighted by Crippen LogP contribution is -2.56. The van der Waals surface area contributed by atoms with Gasteiger partial charge in [0.1, 0.15) is 6.16 Å². The second kappa shape index (κ2) is 6.62. The molecule has 4 nitrogen and oxygen atoms in total. The van der Waals surface area contributed by atoms with Gasteiger partial charge in [-0.15, -0.1) is 0 Å². The predicted molar refractivity (Wildman–Crippen MR) is 56.7 cm³/mol. The molecule has 0 aromatic rings. The van der Waals surface area contributed by atoms with Gasteiger partial charge in [-0.1, -0.05) is 0 Å². The predicted octanol–water partition coefficient (Wildman–Crippen LogP) is 3.65. The zero-order valence-electron chi connectivity index (χ0n) is 10.8. The Hall–Kier alpha value is -0.670. The van der Waals surface area contributed by atoms with Crippen LogP contribution < -0.4 is 0 Å². The average Bonchev–Trinajstić information content (AvgIpc) is 2.27. The second-order valence-electron chi connectivity index (χ2n) is 3.67. The summed E-state index contributed by atoms with van der Waals surface area (Å²) < 4.78 is 108. The van der Waals surface area contributed by atoms with Crippen LogP contribution in [0.4, 0.5) is 30.7 Å². The molecule has 0 heterocycles. The van der Waals surface area contributed by atoms with Crippen molar-refractivity contribution in [2.45, 2.75) is 31.9 Å². The molecule has 126 valence electrons. The van der Waals surface area contributed by atoms with Gasteiger partial charge in [0.25, 0.3) is 0 Å². The number of hydrogen-bond acceptors (Lipinski definition) is 4. The summed E-state index contributed by atoms with van der Waals surface area (Å²) in [5.74, 6) is -15.6. The van der Waals surface area contributed by atoms with Crippen LogP contribution in [0.1, 0.15) is 13.8 Å². The molecule has 0 aromatic carbocycles.